The van der Waals surface area contributed by atoms with E-state index in [1.807, 2.05) is 0 Å². The van der Waals surface area contributed by atoms with Gasteiger partial charge in [0.1, 0.15) is 0 Å². The van der Waals surface area contributed by atoms with Gasteiger partial charge in [-0.15, -0.1) is 0 Å². The Balaban J connectivity index is 1.59. The molecule has 1 aliphatic heterocycles. The Morgan fingerprint density at radius 3 is 2.69 bits per heavy atom. The fourth-order valence-electron chi connectivity index (χ4n) is 2.89. The van der Waals surface area contributed by atoms with E-state index in [1.165, 1.54) is 32.1 Å². The van der Waals surface area contributed by atoms with Gasteiger partial charge in [-0.05, 0) is 25.3 Å². The summed E-state index contributed by atoms with van der Waals surface area (Å²) < 4.78 is 0. The second-order valence-corrected chi connectivity index (χ2v) is 5.30. The molecule has 0 bridgehead atoms. The monoisotopic (exact) mass is 224 g/mol. The van der Waals surface area contributed by atoms with Gasteiger partial charge in [-0.25, -0.2) is 0 Å². The SMILES string of the molecule is O=C(CCC1CCCCC1)N[C@@H]1CCNC1. The van der Waals surface area contributed by atoms with Crippen LogP contribution in [0.3, 0.4) is 0 Å². The lowest BCUT2D eigenvalue weighted by molar-refractivity contribution is -0.122. The van der Waals surface area contributed by atoms with Gasteiger partial charge < -0.3 is 10.6 Å². The van der Waals surface area contributed by atoms with Crippen molar-refractivity contribution < 1.29 is 4.79 Å². The Hall–Kier alpha value is -0.570. The van der Waals surface area contributed by atoms with E-state index < -0.39 is 0 Å². The predicted molar refractivity (Wildman–Crippen MR) is 65.2 cm³/mol. The minimum absolute atomic E-state index is 0.263. The Morgan fingerprint density at radius 1 is 1.19 bits per heavy atom. The van der Waals surface area contributed by atoms with Crippen LogP contribution in [0.5, 0.6) is 0 Å². The molecule has 92 valence electrons. The molecule has 0 unspecified atom stereocenters. The number of carbonyl (C=O) groups excluding carboxylic acids is 1. The summed E-state index contributed by atoms with van der Waals surface area (Å²) in [5.74, 6) is 1.08. The lowest BCUT2D eigenvalue weighted by Crippen LogP contribution is -2.36. The standard InChI is InChI=1S/C13H24N2O/c16-13(15-12-8-9-14-10-12)7-6-11-4-2-1-3-5-11/h11-12,14H,1-10H2,(H,15,16)/t12-/m1/s1. The van der Waals surface area contributed by atoms with E-state index >= 15 is 0 Å². The van der Waals surface area contributed by atoms with Crippen LogP contribution in [0.15, 0.2) is 0 Å². The van der Waals surface area contributed by atoms with Gasteiger partial charge in [0.15, 0.2) is 0 Å². The summed E-state index contributed by atoms with van der Waals surface area (Å²) in [6.45, 7) is 2.00. The summed E-state index contributed by atoms with van der Waals surface area (Å²) in [6.07, 6.45) is 9.77. The summed E-state index contributed by atoms with van der Waals surface area (Å²) in [7, 11) is 0. The van der Waals surface area contributed by atoms with E-state index in [1.54, 1.807) is 0 Å². The van der Waals surface area contributed by atoms with Gasteiger partial charge in [-0.1, -0.05) is 32.1 Å². The minimum Gasteiger partial charge on any atom is -0.352 e. The van der Waals surface area contributed by atoms with Gasteiger partial charge >= 0.3 is 0 Å². The van der Waals surface area contributed by atoms with Crippen molar-refractivity contribution in [2.75, 3.05) is 13.1 Å². The number of carbonyl (C=O) groups is 1. The summed E-state index contributed by atoms with van der Waals surface area (Å²) in [5, 5.41) is 6.39. The first-order chi connectivity index (χ1) is 7.84. The third kappa shape index (κ3) is 3.78. The highest BCUT2D eigenvalue weighted by Gasteiger charge is 2.18. The third-order valence-corrected chi connectivity index (χ3v) is 3.93. The molecule has 0 aromatic rings. The maximum atomic E-state index is 11.7. The molecule has 1 atom stereocenters. The summed E-state index contributed by atoms with van der Waals surface area (Å²) in [5.41, 5.74) is 0. The van der Waals surface area contributed by atoms with Crippen LogP contribution in [0.1, 0.15) is 51.4 Å². The van der Waals surface area contributed by atoms with E-state index in [0.29, 0.717) is 6.04 Å². The molecule has 1 amide bonds. The van der Waals surface area contributed by atoms with Gasteiger partial charge in [0.2, 0.25) is 5.91 Å². The highest BCUT2D eigenvalue weighted by molar-refractivity contribution is 5.76. The van der Waals surface area contributed by atoms with Crippen LogP contribution in [0, 0.1) is 5.92 Å². The predicted octanol–water partition coefficient (Wildman–Crippen LogP) is 1.82. The largest absolute Gasteiger partial charge is 0.352 e. The molecule has 1 heterocycles. The van der Waals surface area contributed by atoms with Crippen molar-refractivity contribution in [3.05, 3.63) is 0 Å². The molecule has 0 spiro atoms. The third-order valence-electron chi connectivity index (χ3n) is 3.93. The lowest BCUT2D eigenvalue weighted by atomic mass is 9.86. The first-order valence-corrected chi connectivity index (χ1v) is 6.84. The molecule has 16 heavy (non-hydrogen) atoms. The Bertz CT molecular complexity index is 218. The lowest BCUT2D eigenvalue weighted by Gasteiger charge is -2.21. The average Bonchev–Trinajstić information content (AvgIpc) is 2.81. The van der Waals surface area contributed by atoms with Crippen LogP contribution < -0.4 is 10.6 Å². The Kier molecular flexibility index (Phi) is 4.64. The highest BCUT2D eigenvalue weighted by Crippen LogP contribution is 2.27. The Morgan fingerprint density at radius 2 is 2.00 bits per heavy atom. The van der Waals surface area contributed by atoms with E-state index in [0.717, 1.165) is 38.3 Å². The van der Waals surface area contributed by atoms with Gasteiger partial charge in [-0.2, -0.15) is 0 Å². The quantitative estimate of drug-likeness (QED) is 0.765. The molecular formula is C13H24N2O. The molecule has 2 aliphatic rings. The van der Waals surface area contributed by atoms with E-state index in [2.05, 4.69) is 10.6 Å². The number of hydrogen-bond donors (Lipinski definition) is 2. The molecule has 3 nitrogen and oxygen atoms in total. The maximum absolute atomic E-state index is 11.7. The topological polar surface area (TPSA) is 41.1 Å². The molecule has 1 saturated carbocycles. The van der Waals surface area contributed by atoms with Crippen molar-refractivity contribution in [2.45, 2.75) is 57.4 Å². The van der Waals surface area contributed by atoms with Crippen molar-refractivity contribution in [2.24, 2.45) is 5.92 Å². The fraction of sp³-hybridized carbons (Fsp3) is 0.923. The molecule has 2 N–H and O–H groups in total. The Labute approximate surface area is 98.4 Å². The first-order valence-electron chi connectivity index (χ1n) is 6.84. The molecule has 0 radical (unpaired) electrons. The van der Waals surface area contributed by atoms with Crippen molar-refractivity contribution in [1.29, 1.82) is 0 Å². The summed E-state index contributed by atoms with van der Waals surface area (Å²) >= 11 is 0. The van der Waals surface area contributed by atoms with Crippen LogP contribution in [-0.4, -0.2) is 25.0 Å². The van der Waals surface area contributed by atoms with E-state index in [9.17, 15) is 4.79 Å². The second kappa shape index (κ2) is 6.24. The molecule has 2 rings (SSSR count). The summed E-state index contributed by atoms with van der Waals surface area (Å²) in [6, 6.07) is 0.388. The van der Waals surface area contributed by atoms with Gasteiger partial charge in [0.05, 0.1) is 0 Å². The molecule has 2 fully saturated rings. The van der Waals surface area contributed by atoms with Crippen LogP contribution in [0.25, 0.3) is 0 Å². The molecular weight excluding hydrogens is 200 g/mol. The summed E-state index contributed by atoms with van der Waals surface area (Å²) in [4.78, 5) is 11.7. The molecule has 1 saturated heterocycles. The molecule has 0 aromatic heterocycles. The fourth-order valence-corrected chi connectivity index (χ4v) is 2.89. The van der Waals surface area contributed by atoms with Gasteiger partial charge in [-0.3, -0.25) is 4.79 Å². The van der Waals surface area contributed by atoms with Crippen LogP contribution >= 0.6 is 0 Å². The van der Waals surface area contributed by atoms with Crippen LogP contribution in [0.4, 0.5) is 0 Å². The zero-order chi connectivity index (χ0) is 11.2. The smallest absolute Gasteiger partial charge is 0.220 e. The van der Waals surface area contributed by atoms with Crippen molar-refractivity contribution >= 4 is 5.91 Å². The number of hydrogen-bond acceptors (Lipinski definition) is 2. The highest BCUT2D eigenvalue weighted by atomic mass is 16.1. The zero-order valence-corrected chi connectivity index (χ0v) is 10.1. The van der Waals surface area contributed by atoms with E-state index in [-0.39, 0.29) is 5.91 Å². The van der Waals surface area contributed by atoms with E-state index in [4.69, 9.17) is 0 Å². The molecule has 0 aromatic carbocycles. The minimum atomic E-state index is 0.263. The second-order valence-electron chi connectivity index (χ2n) is 5.30. The number of rotatable bonds is 4. The van der Waals surface area contributed by atoms with Crippen molar-refractivity contribution in [3.8, 4) is 0 Å². The number of amides is 1. The van der Waals surface area contributed by atoms with Crippen LogP contribution in [-0.2, 0) is 4.79 Å². The normalized spacial score (nSPS) is 26.9. The molecule has 3 heteroatoms. The van der Waals surface area contributed by atoms with Crippen LogP contribution in [0.2, 0.25) is 0 Å². The first kappa shape index (κ1) is 11.9. The van der Waals surface area contributed by atoms with Gasteiger partial charge in [0.25, 0.3) is 0 Å². The van der Waals surface area contributed by atoms with Crippen molar-refractivity contribution in [3.63, 3.8) is 0 Å². The molecule has 1 aliphatic carbocycles. The maximum Gasteiger partial charge on any atom is 0.220 e. The average molecular weight is 224 g/mol. The zero-order valence-electron chi connectivity index (χ0n) is 10.1. The van der Waals surface area contributed by atoms with Crippen molar-refractivity contribution in [1.82, 2.24) is 10.6 Å². The number of nitrogens with one attached hydrogen (secondary N) is 2. The van der Waals surface area contributed by atoms with Gasteiger partial charge in [0, 0.05) is 19.0 Å².